The van der Waals surface area contributed by atoms with Crippen molar-refractivity contribution in [3.63, 3.8) is 0 Å². The van der Waals surface area contributed by atoms with Gasteiger partial charge in [0.05, 0.1) is 0 Å². The van der Waals surface area contributed by atoms with Gasteiger partial charge in [0.1, 0.15) is 6.04 Å². The first-order chi connectivity index (χ1) is 12.8. The van der Waals surface area contributed by atoms with Crippen LogP contribution in [0.1, 0.15) is 85.0 Å². The molecule has 0 aromatic rings. The number of hydrogen-bond acceptors (Lipinski definition) is 3. The molecule has 154 valence electrons. The van der Waals surface area contributed by atoms with E-state index in [0.29, 0.717) is 6.54 Å². The van der Waals surface area contributed by atoms with E-state index in [1.54, 1.807) is 0 Å². The fraction of sp³-hybridized carbons (Fsp3) is 0.909. The minimum absolute atomic E-state index is 0.0621. The lowest BCUT2D eigenvalue weighted by Crippen LogP contribution is -2.59. The summed E-state index contributed by atoms with van der Waals surface area (Å²) in [5.41, 5.74) is -0.285. The lowest BCUT2D eigenvalue weighted by atomic mass is 9.79. The Morgan fingerprint density at radius 1 is 0.926 bits per heavy atom. The van der Waals surface area contributed by atoms with E-state index in [0.717, 1.165) is 19.4 Å². The molecule has 1 unspecified atom stereocenters. The van der Waals surface area contributed by atoms with Crippen LogP contribution >= 0.6 is 0 Å². The maximum Gasteiger partial charge on any atom is 0.242 e. The van der Waals surface area contributed by atoms with Gasteiger partial charge in [0.2, 0.25) is 11.8 Å². The van der Waals surface area contributed by atoms with Gasteiger partial charge in [0.25, 0.3) is 0 Å². The molecule has 1 saturated carbocycles. The molecule has 0 aromatic heterocycles. The Morgan fingerprint density at radius 2 is 1.56 bits per heavy atom. The number of rotatable bonds is 4. The molecular weight excluding hydrogens is 338 g/mol. The normalized spacial score (nSPS) is 26.8. The molecule has 5 nitrogen and oxygen atoms in total. The van der Waals surface area contributed by atoms with Gasteiger partial charge in [-0.3, -0.25) is 14.5 Å². The molecule has 0 spiro atoms. The molecule has 3 fully saturated rings. The van der Waals surface area contributed by atoms with Crippen LogP contribution in [0.2, 0.25) is 0 Å². The van der Waals surface area contributed by atoms with E-state index < -0.39 is 5.41 Å². The first-order valence-corrected chi connectivity index (χ1v) is 11.2. The standard InChI is InChI=1S/C22H39N3O2/c1-21(2,3)20(27)25-16-10-11-18(25)19(26)23-17-22(12-6-4-7-13-22)24-14-8-5-9-15-24/h18H,4-17H2,1-3H3,(H,23,26). The highest BCUT2D eigenvalue weighted by Gasteiger charge is 2.41. The van der Waals surface area contributed by atoms with Crippen LogP contribution < -0.4 is 5.32 Å². The van der Waals surface area contributed by atoms with Gasteiger partial charge in [-0.25, -0.2) is 0 Å². The van der Waals surface area contributed by atoms with E-state index in [1.165, 1.54) is 64.5 Å². The summed E-state index contributed by atoms with van der Waals surface area (Å²) in [5.74, 6) is 0.163. The van der Waals surface area contributed by atoms with Crippen LogP contribution in [0.4, 0.5) is 0 Å². The number of nitrogens with one attached hydrogen (secondary N) is 1. The molecule has 2 aliphatic heterocycles. The first-order valence-electron chi connectivity index (χ1n) is 11.2. The van der Waals surface area contributed by atoms with Crippen LogP contribution in [0.15, 0.2) is 0 Å². The number of carbonyl (C=O) groups excluding carboxylic acids is 2. The van der Waals surface area contributed by atoms with Gasteiger partial charge >= 0.3 is 0 Å². The van der Waals surface area contributed by atoms with Crippen molar-refractivity contribution in [2.45, 2.75) is 96.6 Å². The minimum atomic E-state index is -0.429. The third-order valence-corrected chi connectivity index (χ3v) is 6.86. The van der Waals surface area contributed by atoms with Crippen LogP contribution in [0.5, 0.6) is 0 Å². The predicted octanol–water partition coefficient (Wildman–Crippen LogP) is 3.33. The van der Waals surface area contributed by atoms with Crippen molar-refractivity contribution in [3.8, 4) is 0 Å². The van der Waals surface area contributed by atoms with Crippen molar-refractivity contribution in [2.75, 3.05) is 26.2 Å². The van der Waals surface area contributed by atoms with Crippen LogP contribution in [0.3, 0.4) is 0 Å². The molecule has 1 atom stereocenters. The topological polar surface area (TPSA) is 52.7 Å². The third kappa shape index (κ3) is 4.67. The Balaban J connectivity index is 1.64. The molecule has 1 aliphatic carbocycles. The van der Waals surface area contributed by atoms with Crippen molar-refractivity contribution in [3.05, 3.63) is 0 Å². The quantitative estimate of drug-likeness (QED) is 0.818. The summed E-state index contributed by atoms with van der Waals surface area (Å²) in [6, 6.07) is -0.279. The molecule has 2 heterocycles. The van der Waals surface area contributed by atoms with E-state index in [-0.39, 0.29) is 23.4 Å². The van der Waals surface area contributed by atoms with Crippen LogP contribution in [0, 0.1) is 5.41 Å². The zero-order valence-corrected chi connectivity index (χ0v) is 17.7. The lowest BCUT2D eigenvalue weighted by molar-refractivity contribution is -0.144. The number of piperidine rings is 1. The van der Waals surface area contributed by atoms with Gasteiger partial charge in [0, 0.05) is 24.0 Å². The maximum atomic E-state index is 13.0. The molecule has 0 radical (unpaired) electrons. The fourth-order valence-corrected chi connectivity index (χ4v) is 5.27. The molecule has 5 heteroatoms. The third-order valence-electron chi connectivity index (χ3n) is 6.86. The second kappa shape index (κ2) is 8.50. The molecular formula is C22H39N3O2. The lowest BCUT2D eigenvalue weighted by Gasteiger charge is -2.48. The highest BCUT2D eigenvalue weighted by Crippen LogP contribution is 2.35. The van der Waals surface area contributed by atoms with Gasteiger partial charge < -0.3 is 10.2 Å². The Morgan fingerprint density at radius 3 is 2.19 bits per heavy atom. The second-order valence-corrected chi connectivity index (χ2v) is 9.96. The van der Waals surface area contributed by atoms with E-state index in [9.17, 15) is 9.59 Å². The number of carbonyl (C=O) groups is 2. The van der Waals surface area contributed by atoms with E-state index in [4.69, 9.17) is 0 Å². The summed E-state index contributed by atoms with van der Waals surface area (Å²) in [6.07, 6.45) is 11.9. The van der Waals surface area contributed by atoms with Gasteiger partial charge in [0.15, 0.2) is 0 Å². The van der Waals surface area contributed by atoms with Crippen molar-refractivity contribution >= 4 is 11.8 Å². The molecule has 1 N–H and O–H groups in total. The van der Waals surface area contributed by atoms with E-state index in [2.05, 4.69) is 10.2 Å². The average Bonchev–Trinajstić information content (AvgIpc) is 3.16. The average molecular weight is 378 g/mol. The molecule has 3 aliphatic rings. The van der Waals surface area contributed by atoms with Gasteiger partial charge in [-0.1, -0.05) is 46.5 Å². The summed E-state index contributed by atoms with van der Waals surface area (Å²) < 4.78 is 0. The summed E-state index contributed by atoms with van der Waals surface area (Å²) in [5, 5.41) is 3.29. The molecule has 2 saturated heterocycles. The largest absolute Gasteiger partial charge is 0.352 e. The van der Waals surface area contributed by atoms with Crippen LogP contribution in [0.25, 0.3) is 0 Å². The molecule has 0 aromatic carbocycles. The summed E-state index contributed by atoms with van der Waals surface area (Å²) in [6.45, 7) is 9.63. The van der Waals surface area contributed by atoms with Crippen LogP contribution in [-0.4, -0.2) is 59.4 Å². The van der Waals surface area contributed by atoms with Gasteiger partial charge in [-0.2, -0.15) is 0 Å². The molecule has 0 bridgehead atoms. The number of nitrogens with zero attached hydrogens (tertiary/aromatic N) is 2. The zero-order valence-electron chi connectivity index (χ0n) is 17.7. The second-order valence-electron chi connectivity index (χ2n) is 9.96. The van der Waals surface area contributed by atoms with Crippen LogP contribution in [-0.2, 0) is 9.59 Å². The SMILES string of the molecule is CC(C)(C)C(=O)N1CCCC1C(=O)NCC1(N2CCCCC2)CCCCC1. The summed E-state index contributed by atoms with van der Waals surface area (Å²) >= 11 is 0. The van der Waals surface area contributed by atoms with Crippen molar-refractivity contribution < 1.29 is 9.59 Å². The van der Waals surface area contributed by atoms with E-state index >= 15 is 0 Å². The fourth-order valence-electron chi connectivity index (χ4n) is 5.27. The number of likely N-dealkylation sites (tertiary alicyclic amines) is 2. The Hall–Kier alpha value is -1.10. The highest BCUT2D eigenvalue weighted by molar-refractivity contribution is 5.90. The minimum Gasteiger partial charge on any atom is -0.352 e. The first kappa shape index (κ1) is 20.6. The summed E-state index contributed by atoms with van der Waals surface area (Å²) in [4.78, 5) is 30.3. The molecule has 3 rings (SSSR count). The van der Waals surface area contributed by atoms with Gasteiger partial charge in [-0.15, -0.1) is 0 Å². The molecule has 2 amide bonds. The van der Waals surface area contributed by atoms with Gasteiger partial charge in [-0.05, 0) is 51.6 Å². The Labute approximate surface area is 165 Å². The zero-order chi connectivity index (χ0) is 19.5. The smallest absolute Gasteiger partial charge is 0.242 e. The van der Waals surface area contributed by atoms with Crippen molar-refractivity contribution in [1.29, 1.82) is 0 Å². The summed E-state index contributed by atoms with van der Waals surface area (Å²) in [7, 11) is 0. The van der Waals surface area contributed by atoms with Crippen molar-refractivity contribution in [1.82, 2.24) is 15.1 Å². The van der Waals surface area contributed by atoms with E-state index in [1.807, 2.05) is 25.7 Å². The Kier molecular flexibility index (Phi) is 6.50. The Bertz CT molecular complexity index is 528. The van der Waals surface area contributed by atoms with Crippen molar-refractivity contribution in [2.24, 2.45) is 5.41 Å². The number of hydrogen-bond donors (Lipinski definition) is 1. The monoisotopic (exact) mass is 377 g/mol. The molecule has 27 heavy (non-hydrogen) atoms. The maximum absolute atomic E-state index is 13.0. The number of amides is 2. The predicted molar refractivity (Wildman–Crippen MR) is 108 cm³/mol. The highest BCUT2D eigenvalue weighted by atomic mass is 16.2.